The van der Waals surface area contributed by atoms with Gasteiger partial charge in [0.15, 0.2) is 0 Å². The van der Waals surface area contributed by atoms with Crippen molar-refractivity contribution in [1.29, 1.82) is 0 Å². The van der Waals surface area contributed by atoms with Gasteiger partial charge in [0.05, 0.1) is 11.8 Å². The Morgan fingerprint density at radius 2 is 1.74 bits per heavy atom. The summed E-state index contributed by atoms with van der Waals surface area (Å²) in [5.74, 6) is -0.350. The lowest BCUT2D eigenvalue weighted by atomic mass is 10.0. The van der Waals surface area contributed by atoms with Gasteiger partial charge in [-0.25, -0.2) is 4.79 Å². The van der Waals surface area contributed by atoms with Crippen LogP contribution in [0.1, 0.15) is 24.4 Å². The molecule has 1 fully saturated rings. The smallest absolute Gasteiger partial charge is 0.320 e. The number of allylic oxidation sites excluding steroid dienone is 2. The molecule has 1 aliphatic carbocycles. The molecule has 1 aliphatic heterocycles. The van der Waals surface area contributed by atoms with Crippen LogP contribution in [0.5, 0.6) is 0 Å². The first-order valence-corrected chi connectivity index (χ1v) is 12.5. The second-order valence-corrected chi connectivity index (χ2v) is 9.65. The highest BCUT2D eigenvalue weighted by Crippen LogP contribution is 2.31. The molecule has 9 heteroatoms. The highest BCUT2D eigenvalue weighted by molar-refractivity contribution is 14.1. The molecule has 1 saturated heterocycles. The van der Waals surface area contributed by atoms with E-state index in [2.05, 4.69) is 38.0 Å². The SMILES string of the molecule is NC(=O)N(c1ccc(Cl)cc1)C(C(=O)NC1C=CC(=NN2CCCC2)C=C1)c1ccccc1I. The van der Waals surface area contributed by atoms with Crippen LogP contribution in [0.15, 0.2) is 77.9 Å². The number of hydrazone groups is 1. The van der Waals surface area contributed by atoms with Crippen molar-refractivity contribution in [1.82, 2.24) is 10.3 Å². The number of nitrogens with two attached hydrogens (primary N) is 1. The number of urea groups is 1. The minimum absolute atomic E-state index is 0.339. The fourth-order valence-electron chi connectivity index (χ4n) is 3.99. The zero-order chi connectivity index (χ0) is 24.1. The molecule has 0 bridgehead atoms. The van der Waals surface area contributed by atoms with E-state index in [-0.39, 0.29) is 11.9 Å². The predicted molar refractivity (Wildman–Crippen MR) is 144 cm³/mol. The van der Waals surface area contributed by atoms with Crippen molar-refractivity contribution in [3.63, 3.8) is 0 Å². The summed E-state index contributed by atoms with van der Waals surface area (Å²) in [4.78, 5) is 27.5. The van der Waals surface area contributed by atoms with Gasteiger partial charge in [-0.2, -0.15) is 5.10 Å². The van der Waals surface area contributed by atoms with Crippen LogP contribution in [0.25, 0.3) is 0 Å². The molecule has 0 radical (unpaired) electrons. The number of amides is 3. The zero-order valence-corrected chi connectivity index (χ0v) is 21.3. The van der Waals surface area contributed by atoms with Gasteiger partial charge in [0, 0.05) is 27.4 Å². The molecule has 0 spiro atoms. The van der Waals surface area contributed by atoms with E-state index in [1.165, 1.54) is 4.90 Å². The molecular formula is C25H25ClIN5O2. The molecule has 7 nitrogen and oxygen atoms in total. The Hall–Kier alpha value is -2.85. The highest BCUT2D eigenvalue weighted by atomic mass is 127. The largest absolute Gasteiger partial charge is 0.351 e. The Labute approximate surface area is 217 Å². The van der Waals surface area contributed by atoms with Gasteiger partial charge in [0.2, 0.25) is 5.91 Å². The van der Waals surface area contributed by atoms with Gasteiger partial charge in [0.1, 0.15) is 6.04 Å². The number of rotatable bonds is 6. The van der Waals surface area contributed by atoms with Gasteiger partial charge in [0.25, 0.3) is 0 Å². The Kier molecular flexibility index (Phi) is 7.89. The van der Waals surface area contributed by atoms with E-state index in [4.69, 9.17) is 17.3 Å². The summed E-state index contributed by atoms with van der Waals surface area (Å²) in [5, 5.41) is 10.2. The van der Waals surface area contributed by atoms with Crippen LogP contribution >= 0.6 is 34.2 Å². The second kappa shape index (κ2) is 11.1. The summed E-state index contributed by atoms with van der Waals surface area (Å²) in [6.45, 7) is 1.94. The average molecular weight is 590 g/mol. The molecule has 1 atom stereocenters. The van der Waals surface area contributed by atoms with Gasteiger partial charge < -0.3 is 11.1 Å². The van der Waals surface area contributed by atoms with Crippen LogP contribution in [0.3, 0.4) is 0 Å². The van der Waals surface area contributed by atoms with E-state index in [0.717, 1.165) is 35.2 Å². The molecule has 1 unspecified atom stereocenters. The first kappa shape index (κ1) is 24.3. The van der Waals surface area contributed by atoms with Gasteiger partial charge in [-0.3, -0.25) is 14.7 Å². The van der Waals surface area contributed by atoms with E-state index >= 15 is 0 Å². The predicted octanol–water partition coefficient (Wildman–Crippen LogP) is 4.63. The van der Waals surface area contributed by atoms with E-state index in [1.54, 1.807) is 24.3 Å². The monoisotopic (exact) mass is 589 g/mol. The van der Waals surface area contributed by atoms with Crippen LogP contribution in [0.4, 0.5) is 10.5 Å². The van der Waals surface area contributed by atoms with Crippen molar-refractivity contribution in [3.8, 4) is 0 Å². The molecule has 2 aromatic rings. The van der Waals surface area contributed by atoms with Crippen molar-refractivity contribution in [3.05, 3.63) is 87.0 Å². The molecule has 0 aromatic heterocycles. The lowest BCUT2D eigenvalue weighted by Crippen LogP contribution is -2.48. The molecule has 3 amide bonds. The molecule has 34 heavy (non-hydrogen) atoms. The Balaban J connectivity index is 1.60. The number of nitrogens with one attached hydrogen (secondary N) is 1. The molecular weight excluding hydrogens is 565 g/mol. The number of carbonyl (C=O) groups excluding carboxylic acids is 2. The van der Waals surface area contributed by atoms with Crippen molar-refractivity contribution >= 4 is 57.5 Å². The topological polar surface area (TPSA) is 91.0 Å². The minimum atomic E-state index is -0.965. The fourth-order valence-corrected chi connectivity index (χ4v) is 4.80. The summed E-state index contributed by atoms with van der Waals surface area (Å²) in [5.41, 5.74) is 7.79. The van der Waals surface area contributed by atoms with E-state index in [9.17, 15) is 9.59 Å². The second-order valence-electron chi connectivity index (χ2n) is 8.05. The molecule has 2 aliphatic rings. The maximum absolute atomic E-state index is 13.6. The zero-order valence-electron chi connectivity index (χ0n) is 18.4. The number of benzene rings is 2. The number of hydrogen-bond donors (Lipinski definition) is 2. The van der Waals surface area contributed by atoms with Crippen LogP contribution in [-0.2, 0) is 4.79 Å². The van der Waals surface area contributed by atoms with Gasteiger partial charge in [-0.1, -0.05) is 42.0 Å². The first-order valence-electron chi connectivity index (χ1n) is 11.0. The molecule has 0 saturated carbocycles. The van der Waals surface area contributed by atoms with Crippen LogP contribution in [0, 0.1) is 3.57 Å². The molecule has 4 rings (SSSR count). The lowest BCUT2D eigenvalue weighted by Gasteiger charge is -2.31. The molecule has 2 aromatic carbocycles. The summed E-state index contributed by atoms with van der Waals surface area (Å²) in [6, 6.07) is 12.0. The summed E-state index contributed by atoms with van der Waals surface area (Å²) < 4.78 is 0.843. The van der Waals surface area contributed by atoms with Gasteiger partial charge in [-0.15, -0.1) is 0 Å². The third kappa shape index (κ3) is 5.79. The van der Waals surface area contributed by atoms with Crippen molar-refractivity contribution < 1.29 is 9.59 Å². The third-order valence-electron chi connectivity index (χ3n) is 5.65. The van der Waals surface area contributed by atoms with Crippen molar-refractivity contribution in [2.45, 2.75) is 24.9 Å². The highest BCUT2D eigenvalue weighted by Gasteiger charge is 2.33. The minimum Gasteiger partial charge on any atom is -0.351 e. The quantitative estimate of drug-likeness (QED) is 0.482. The normalized spacial score (nSPS) is 18.0. The molecule has 176 valence electrons. The summed E-state index contributed by atoms with van der Waals surface area (Å²) >= 11 is 8.19. The average Bonchev–Trinajstić information content (AvgIpc) is 3.33. The summed E-state index contributed by atoms with van der Waals surface area (Å²) in [6.07, 6.45) is 9.89. The van der Waals surface area contributed by atoms with E-state index in [0.29, 0.717) is 16.3 Å². The number of halogens is 2. The molecule has 1 heterocycles. The summed E-state index contributed by atoms with van der Waals surface area (Å²) in [7, 11) is 0. The van der Waals surface area contributed by atoms with Crippen molar-refractivity contribution in [2.24, 2.45) is 10.8 Å². The number of hydrogen-bond acceptors (Lipinski definition) is 4. The maximum atomic E-state index is 13.6. The van der Waals surface area contributed by atoms with Crippen molar-refractivity contribution in [2.75, 3.05) is 18.0 Å². The fraction of sp³-hybridized carbons (Fsp3) is 0.240. The Bertz CT molecular complexity index is 1130. The van der Waals surface area contributed by atoms with Crippen LogP contribution in [-0.4, -0.2) is 41.8 Å². The van der Waals surface area contributed by atoms with E-state index in [1.807, 2.05) is 48.6 Å². The standard InChI is InChI=1S/C25H25ClIN5O2/c26-17-7-13-20(14-8-17)32(25(28)34)23(21-5-1-2-6-22(21)27)24(33)29-18-9-11-19(12-10-18)30-31-15-3-4-16-31/h1-2,5-14,18,23H,3-4,15-16H2,(H2,28,34)(H,29,33). The number of primary amides is 1. The van der Waals surface area contributed by atoms with Crippen LogP contribution in [0.2, 0.25) is 5.02 Å². The van der Waals surface area contributed by atoms with Gasteiger partial charge in [-0.05, 0) is 83.5 Å². The first-order chi connectivity index (χ1) is 16.4. The number of carbonyl (C=O) groups is 2. The number of anilines is 1. The third-order valence-corrected chi connectivity index (χ3v) is 6.88. The number of nitrogens with zero attached hydrogens (tertiary/aromatic N) is 3. The Morgan fingerprint density at radius 1 is 1.09 bits per heavy atom. The lowest BCUT2D eigenvalue weighted by molar-refractivity contribution is -0.122. The molecule has 3 N–H and O–H groups in total. The van der Waals surface area contributed by atoms with Gasteiger partial charge >= 0.3 is 6.03 Å². The van der Waals surface area contributed by atoms with Crippen LogP contribution < -0.4 is 16.0 Å². The Morgan fingerprint density at radius 3 is 2.35 bits per heavy atom. The maximum Gasteiger partial charge on any atom is 0.320 e. The van der Waals surface area contributed by atoms with E-state index < -0.39 is 12.1 Å².